The van der Waals surface area contributed by atoms with Crippen LogP contribution in [0.3, 0.4) is 0 Å². The molecule has 0 bridgehead atoms. The van der Waals surface area contributed by atoms with Crippen LogP contribution in [0.2, 0.25) is 0 Å². The summed E-state index contributed by atoms with van der Waals surface area (Å²) in [5.74, 6) is 4.25. The lowest BCUT2D eigenvalue weighted by molar-refractivity contribution is -0.123. The molecule has 1 N–H and O–H groups in total. The zero-order valence-electron chi connectivity index (χ0n) is 17.8. The Bertz CT molecular complexity index is 569. The molecule has 0 saturated heterocycles. The van der Waals surface area contributed by atoms with Crippen molar-refractivity contribution in [3.05, 3.63) is 0 Å². The first-order valence-electron chi connectivity index (χ1n) is 11.5. The van der Waals surface area contributed by atoms with Crippen LogP contribution in [0, 0.1) is 40.4 Å². The summed E-state index contributed by atoms with van der Waals surface area (Å²) in [6.45, 7) is 12.0. The van der Waals surface area contributed by atoms with Gasteiger partial charge in [0.05, 0.1) is 6.10 Å². The molecule has 4 aliphatic rings. The molecule has 0 aliphatic heterocycles. The number of rotatable bonds is 2. The van der Waals surface area contributed by atoms with Crippen LogP contribution < -0.4 is 0 Å². The van der Waals surface area contributed by atoms with Crippen LogP contribution in [-0.2, 0) is 0 Å². The highest BCUT2D eigenvalue weighted by molar-refractivity contribution is 5.85. The van der Waals surface area contributed by atoms with Crippen molar-refractivity contribution < 1.29 is 5.11 Å². The second-order valence-electron chi connectivity index (χ2n) is 11.1. The van der Waals surface area contributed by atoms with Gasteiger partial charge in [-0.15, -0.1) is 0 Å². The van der Waals surface area contributed by atoms with E-state index in [-0.39, 0.29) is 6.10 Å². The van der Waals surface area contributed by atoms with Crippen molar-refractivity contribution in [2.45, 2.75) is 105 Å². The van der Waals surface area contributed by atoms with Gasteiger partial charge in [-0.3, -0.25) is 4.99 Å². The normalized spacial score (nSPS) is 51.7. The van der Waals surface area contributed by atoms with Crippen LogP contribution in [-0.4, -0.2) is 23.0 Å². The first-order valence-corrected chi connectivity index (χ1v) is 11.5. The number of aliphatic hydroxyl groups is 1. The number of hydrogen-bond donors (Lipinski definition) is 1. The summed E-state index contributed by atoms with van der Waals surface area (Å²) in [5.41, 5.74) is 2.42. The average Bonchev–Trinajstić information content (AvgIpc) is 2.92. The molecule has 0 heterocycles. The van der Waals surface area contributed by atoms with E-state index in [0.29, 0.717) is 16.9 Å². The molecule has 4 rings (SSSR count). The van der Waals surface area contributed by atoms with Crippen LogP contribution in [0.15, 0.2) is 4.99 Å². The summed E-state index contributed by atoms with van der Waals surface area (Å²) in [7, 11) is 0. The van der Waals surface area contributed by atoms with Crippen molar-refractivity contribution in [2.75, 3.05) is 0 Å². The fourth-order valence-corrected chi connectivity index (χ4v) is 8.42. The lowest BCUT2D eigenvalue weighted by Crippen LogP contribution is -2.54. The fraction of sp³-hybridized carbons (Fsp3) is 0.958. The Morgan fingerprint density at radius 1 is 0.923 bits per heavy atom. The van der Waals surface area contributed by atoms with Crippen LogP contribution in [0.25, 0.3) is 0 Å². The topological polar surface area (TPSA) is 32.6 Å². The molecule has 4 aliphatic carbocycles. The van der Waals surface area contributed by atoms with Crippen molar-refractivity contribution in [3.8, 4) is 0 Å². The third-order valence-electron chi connectivity index (χ3n) is 9.60. The Morgan fingerprint density at radius 3 is 2.35 bits per heavy atom. The quantitative estimate of drug-likeness (QED) is 0.614. The third-order valence-corrected chi connectivity index (χ3v) is 9.60. The van der Waals surface area contributed by atoms with E-state index in [1.807, 2.05) is 0 Å². The Balaban J connectivity index is 1.58. The van der Waals surface area contributed by atoms with Gasteiger partial charge in [-0.05, 0) is 113 Å². The summed E-state index contributed by atoms with van der Waals surface area (Å²) in [6, 6.07) is 0.428. The van der Waals surface area contributed by atoms with Crippen LogP contribution >= 0.6 is 0 Å². The van der Waals surface area contributed by atoms with Gasteiger partial charge in [0.25, 0.3) is 0 Å². The zero-order valence-corrected chi connectivity index (χ0v) is 17.8. The number of fused-ring (bicyclic) bond motifs is 5. The minimum atomic E-state index is -0.0239. The Kier molecular flexibility index (Phi) is 4.82. The number of nitrogens with zero attached hydrogens (tertiary/aromatic N) is 1. The van der Waals surface area contributed by atoms with Gasteiger partial charge in [-0.25, -0.2) is 0 Å². The van der Waals surface area contributed by atoms with E-state index < -0.39 is 0 Å². The van der Waals surface area contributed by atoms with Gasteiger partial charge in [0.1, 0.15) is 0 Å². The van der Waals surface area contributed by atoms with E-state index >= 15 is 0 Å². The number of aliphatic hydroxyl groups excluding tert-OH is 1. The maximum absolute atomic E-state index is 10.2. The van der Waals surface area contributed by atoms with Crippen LogP contribution in [0.1, 0.15) is 92.4 Å². The van der Waals surface area contributed by atoms with Crippen molar-refractivity contribution >= 4 is 5.71 Å². The van der Waals surface area contributed by atoms with Crippen molar-refractivity contribution in [3.63, 3.8) is 0 Å². The van der Waals surface area contributed by atoms with Gasteiger partial charge < -0.3 is 5.11 Å². The number of hydrogen-bond acceptors (Lipinski definition) is 2. The van der Waals surface area contributed by atoms with Gasteiger partial charge in [-0.2, -0.15) is 0 Å². The van der Waals surface area contributed by atoms with E-state index in [1.165, 1.54) is 50.7 Å². The number of aliphatic imine (C=N–C) groups is 1. The lowest BCUT2D eigenvalue weighted by Gasteiger charge is -2.61. The molecule has 8 atom stereocenters. The van der Waals surface area contributed by atoms with E-state index in [9.17, 15) is 5.11 Å². The Morgan fingerprint density at radius 2 is 1.62 bits per heavy atom. The molecule has 26 heavy (non-hydrogen) atoms. The molecule has 0 amide bonds. The SMILES string of the molecule is CC(=NC(C)C)[C@H]1CC[C@H]2[C@@H]3CC[C@H]4C[C@H](O)CC[C@]4(C)[C@H]3CC[C@]12C. The first-order chi connectivity index (χ1) is 12.3. The molecule has 0 radical (unpaired) electrons. The van der Waals surface area contributed by atoms with Crippen molar-refractivity contribution in [1.82, 2.24) is 0 Å². The van der Waals surface area contributed by atoms with Crippen LogP contribution in [0.4, 0.5) is 0 Å². The van der Waals surface area contributed by atoms with Gasteiger partial charge in [0.2, 0.25) is 0 Å². The van der Waals surface area contributed by atoms with E-state index in [2.05, 4.69) is 34.6 Å². The van der Waals surface area contributed by atoms with Crippen molar-refractivity contribution in [1.29, 1.82) is 0 Å². The minimum Gasteiger partial charge on any atom is -0.393 e. The van der Waals surface area contributed by atoms with Gasteiger partial charge in [0.15, 0.2) is 0 Å². The van der Waals surface area contributed by atoms with Crippen LogP contribution in [0.5, 0.6) is 0 Å². The largest absolute Gasteiger partial charge is 0.393 e. The Labute approximate surface area is 161 Å². The van der Waals surface area contributed by atoms with Gasteiger partial charge in [0, 0.05) is 17.7 Å². The summed E-state index contributed by atoms with van der Waals surface area (Å²) < 4.78 is 0. The molecule has 0 aromatic carbocycles. The standard InChI is InChI=1S/C24H41NO/c1-15(2)25-16(3)20-8-9-21-19-7-6-17-14-18(26)10-12-23(17,4)22(19)11-13-24(20,21)5/h15,17-22,26H,6-14H2,1-5H3/t17-,18+,19-,20+,21-,22-,23-,24+/m0/s1. The molecule has 0 unspecified atom stereocenters. The first kappa shape index (κ1) is 19.0. The molecule has 4 saturated carbocycles. The summed E-state index contributed by atoms with van der Waals surface area (Å²) in [5, 5.41) is 10.2. The smallest absolute Gasteiger partial charge is 0.0543 e. The Hall–Kier alpha value is -0.370. The highest BCUT2D eigenvalue weighted by atomic mass is 16.3. The molecule has 0 aromatic heterocycles. The van der Waals surface area contributed by atoms with E-state index in [1.54, 1.807) is 0 Å². The maximum Gasteiger partial charge on any atom is 0.0543 e. The molecule has 148 valence electrons. The highest BCUT2D eigenvalue weighted by Gasteiger charge is 2.60. The second-order valence-corrected chi connectivity index (χ2v) is 11.1. The summed E-state index contributed by atoms with van der Waals surface area (Å²) >= 11 is 0. The van der Waals surface area contributed by atoms with Crippen molar-refractivity contribution in [2.24, 2.45) is 45.4 Å². The zero-order chi connectivity index (χ0) is 18.7. The third kappa shape index (κ3) is 2.81. The fourth-order valence-electron chi connectivity index (χ4n) is 8.42. The summed E-state index contributed by atoms with van der Waals surface area (Å²) in [6.07, 6.45) is 11.8. The predicted molar refractivity (Wildman–Crippen MR) is 109 cm³/mol. The minimum absolute atomic E-state index is 0.0239. The molecule has 2 nitrogen and oxygen atoms in total. The monoisotopic (exact) mass is 359 g/mol. The second kappa shape index (κ2) is 6.61. The van der Waals surface area contributed by atoms with E-state index in [0.717, 1.165) is 42.4 Å². The lowest BCUT2D eigenvalue weighted by atomic mass is 9.44. The maximum atomic E-state index is 10.2. The molecule has 0 spiro atoms. The molecule has 4 fully saturated rings. The molecular formula is C24H41NO. The molecule has 0 aromatic rings. The average molecular weight is 360 g/mol. The molecular weight excluding hydrogens is 318 g/mol. The van der Waals surface area contributed by atoms with Gasteiger partial charge >= 0.3 is 0 Å². The van der Waals surface area contributed by atoms with Gasteiger partial charge in [-0.1, -0.05) is 13.8 Å². The van der Waals surface area contributed by atoms with E-state index in [4.69, 9.17) is 4.99 Å². The summed E-state index contributed by atoms with van der Waals surface area (Å²) in [4.78, 5) is 4.98. The predicted octanol–water partition coefficient (Wildman–Crippen LogP) is 5.88. The molecule has 2 heteroatoms. The highest BCUT2D eigenvalue weighted by Crippen LogP contribution is 2.67.